The number of carbonyl (C=O) groups excluding carboxylic acids is 1. The van der Waals surface area contributed by atoms with E-state index in [4.69, 9.17) is 27.9 Å². The third-order valence-corrected chi connectivity index (χ3v) is 2.56. The minimum Gasteiger partial charge on any atom is -0.495 e. The number of nitrogens with one attached hydrogen (secondary N) is 1. The minimum atomic E-state index is -0.0629. The summed E-state index contributed by atoms with van der Waals surface area (Å²) >= 11 is 11.9. The highest BCUT2D eigenvalue weighted by Gasteiger charge is 2.09. The first-order valence-electron chi connectivity index (χ1n) is 4.81. The Morgan fingerprint density at radius 1 is 1.44 bits per heavy atom. The van der Waals surface area contributed by atoms with Gasteiger partial charge in [-0.25, -0.2) is 0 Å². The van der Waals surface area contributed by atoms with E-state index in [1.165, 1.54) is 6.92 Å². The van der Waals surface area contributed by atoms with Crippen molar-refractivity contribution in [1.82, 2.24) is 5.32 Å². The molecule has 0 radical (unpaired) electrons. The Balaban J connectivity index is 2.81. The molecule has 0 bridgehead atoms. The molecule has 88 valence electrons. The maximum atomic E-state index is 10.7. The number of ether oxygens (including phenoxy) is 1. The van der Waals surface area contributed by atoms with Gasteiger partial charge >= 0.3 is 0 Å². The van der Waals surface area contributed by atoms with Crippen LogP contribution < -0.4 is 10.1 Å². The van der Waals surface area contributed by atoms with Crippen molar-refractivity contribution in [1.29, 1.82) is 0 Å². The van der Waals surface area contributed by atoms with Crippen LogP contribution in [0, 0.1) is 0 Å². The van der Waals surface area contributed by atoms with Crippen LogP contribution in [0.4, 0.5) is 0 Å². The first-order chi connectivity index (χ1) is 7.54. The van der Waals surface area contributed by atoms with E-state index in [0.717, 1.165) is 5.56 Å². The molecule has 5 heteroatoms. The summed E-state index contributed by atoms with van der Waals surface area (Å²) in [5.74, 6) is 0.545. The molecule has 0 heterocycles. The highest BCUT2D eigenvalue weighted by molar-refractivity contribution is 6.35. The highest BCUT2D eigenvalue weighted by atomic mass is 35.5. The van der Waals surface area contributed by atoms with E-state index in [9.17, 15) is 4.79 Å². The van der Waals surface area contributed by atoms with Crippen molar-refractivity contribution >= 4 is 29.1 Å². The van der Waals surface area contributed by atoms with E-state index < -0.39 is 0 Å². The molecule has 1 rings (SSSR count). The van der Waals surface area contributed by atoms with E-state index >= 15 is 0 Å². The zero-order chi connectivity index (χ0) is 12.1. The Hall–Kier alpha value is -0.930. The van der Waals surface area contributed by atoms with Crippen molar-refractivity contribution in [2.45, 2.75) is 13.3 Å². The molecule has 0 atom stereocenters. The van der Waals surface area contributed by atoms with Crippen molar-refractivity contribution in [2.75, 3.05) is 13.7 Å². The second-order valence-electron chi connectivity index (χ2n) is 3.31. The van der Waals surface area contributed by atoms with E-state index in [-0.39, 0.29) is 5.91 Å². The van der Waals surface area contributed by atoms with E-state index in [0.29, 0.717) is 28.8 Å². The number of methoxy groups -OCH3 is 1. The fraction of sp³-hybridized carbons (Fsp3) is 0.364. The normalized spacial score (nSPS) is 10.0. The van der Waals surface area contributed by atoms with Crippen LogP contribution in [0.1, 0.15) is 12.5 Å². The minimum absolute atomic E-state index is 0.0629. The van der Waals surface area contributed by atoms with Gasteiger partial charge in [0.1, 0.15) is 5.75 Å². The molecule has 3 nitrogen and oxygen atoms in total. The van der Waals surface area contributed by atoms with Gasteiger partial charge in [-0.05, 0) is 24.1 Å². The maximum Gasteiger partial charge on any atom is 0.216 e. The predicted molar refractivity (Wildman–Crippen MR) is 65.4 cm³/mol. The van der Waals surface area contributed by atoms with Crippen molar-refractivity contribution in [3.8, 4) is 5.75 Å². The van der Waals surface area contributed by atoms with Crippen LogP contribution in [-0.4, -0.2) is 19.6 Å². The van der Waals surface area contributed by atoms with Crippen molar-refractivity contribution in [2.24, 2.45) is 0 Å². The molecule has 1 aromatic carbocycles. The summed E-state index contributed by atoms with van der Waals surface area (Å²) in [4.78, 5) is 10.7. The molecule has 0 spiro atoms. The Labute approximate surface area is 105 Å². The summed E-state index contributed by atoms with van der Waals surface area (Å²) in [5.41, 5.74) is 0.883. The van der Waals surface area contributed by atoms with Gasteiger partial charge in [0.2, 0.25) is 5.91 Å². The Bertz CT molecular complexity index is 394. The van der Waals surface area contributed by atoms with Crippen LogP contribution in [0.15, 0.2) is 12.1 Å². The molecule has 0 unspecified atom stereocenters. The Kier molecular flexibility index (Phi) is 4.90. The predicted octanol–water partition coefficient (Wildman–Crippen LogP) is 2.68. The van der Waals surface area contributed by atoms with Crippen molar-refractivity contribution in [3.63, 3.8) is 0 Å². The van der Waals surface area contributed by atoms with Crippen LogP contribution in [0.3, 0.4) is 0 Å². The van der Waals surface area contributed by atoms with Gasteiger partial charge < -0.3 is 10.1 Å². The third kappa shape index (κ3) is 3.58. The summed E-state index contributed by atoms with van der Waals surface area (Å²) in [5, 5.41) is 3.74. The maximum absolute atomic E-state index is 10.7. The molecule has 0 aliphatic rings. The molecule has 1 aromatic rings. The third-order valence-electron chi connectivity index (χ3n) is 2.06. The summed E-state index contributed by atoms with van der Waals surface area (Å²) in [7, 11) is 1.55. The van der Waals surface area contributed by atoms with Gasteiger partial charge in [-0.1, -0.05) is 23.2 Å². The lowest BCUT2D eigenvalue weighted by atomic mass is 10.1. The van der Waals surface area contributed by atoms with Crippen LogP contribution in [0.25, 0.3) is 0 Å². The first-order valence-corrected chi connectivity index (χ1v) is 5.56. The van der Waals surface area contributed by atoms with Gasteiger partial charge in [0.25, 0.3) is 0 Å². The number of amides is 1. The fourth-order valence-electron chi connectivity index (χ4n) is 1.40. The quantitative estimate of drug-likeness (QED) is 0.905. The zero-order valence-corrected chi connectivity index (χ0v) is 10.7. The van der Waals surface area contributed by atoms with Gasteiger partial charge in [-0.15, -0.1) is 0 Å². The summed E-state index contributed by atoms with van der Waals surface area (Å²) in [6.45, 7) is 2.00. The molecule has 0 aromatic heterocycles. The van der Waals surface area contributed by atoms with Crippen molar-refractivity contribution < 1.29 is 9.53 Å². The molecule has 0 aliphatic heterocycles. The molecular formula is C11H13Cl2NO2. The highest BCUT2D eigenvalue weighted by Crippen LogP contribution is 2.32. The summed E-state index contributed by atoms with van der Waals surface area (Å²) < 4.78 is 5.19. The Morgan fingerprint density at radius 2 is 2.12 bits per heavy atom. The van der Waals surface area contributed by atoms with Crippen LogP contribution in [0.2, 0.25) is 10.0 Å². The molecule has 16 heavy (non-hydrogen) atoms. The molecular weight excluding hydrogens is 249 g/mol. The van der Waals surface area contributed by atoms with Gasteiger partial charge in [0, 0.05) is 18.5 Å². The summed E-state index contributed by atoms with van der Waals surface area (Å²) in [6.07, 6.45) is 0.628. The fourth-order valence-corrected chi connectivity index (χ4v) is 2.01. The summed E-state index contributed by atoms with van der Waals surface area (Å²) in [6, 6.07) is 3.41. The standard InChI is InChI=1S/C11H13Cl2NO2/c1-7(15)14-4-3-8-5-9(12)6-10(13)11(8)16-2/h5-6H,3-4H2,1-2H3,(H,14,15). The van der Waals surface area contributed by atoms with Gasteiger partial charge in [0.05, 0.1) is 12.1 Å². The molecule has 0 aliphatic carbocycles. The van der Waals surface area contributed by atoms with Gasteiger partial charge in [-0.3, -0.25) is 4.79 Å². The number of hydrogen-bond acceptors (Lipinski definition) is 2. The molecule has 1 N–H and O–H groups in total. The molecule has 1 amide bonds. The van der Waals surface area contributed by atoms with Crippen LogP contribution in [0.5, 0.6) is 5.75 Å². The lowest BCUT2D eigenvalue weighted by molar-refractivity contribution is -0.118. The van der Waals surface area contributed by atoms with Gasteiger partial charge in [0.15, 0.2) is 0 Å². The van der Waals surface area contributed by atoms with E-state index in [1.54, 1.807) is 19.2 Å². The molecule has 0 saturated carbocycles. The average molecular weight is 262 g/mol. The monoisotopic (exact) mass is 261 g/mol. The number of hydrogen-bond donors (Lipinski definition) is 1. The lowest BCUT2D eigenvalue weighted by Gasteiger charge is -2.11. The second-order valence-corrected chi connectivity index (χ2v) is 4.16. The SMILES string of the molecule is COc1c(Cl)cc(Cl)cc1CCNC(C)=O. The van der Waals surface area contributed by atoms with Crippen molar-refractivity contribution in [3.05, 3.63) is 27.7 Å². The zero-order valence-electron chi connectivity index (χ0n) is 9.14. The topological polar surface area (TPSA) is 38.3 Å². The largest absolute Gasteiger partial charge is 0.495 e. The average Bonchev–Trinajstić information content (AvgIpc) is 2.16. The number of halogens is 2. The van der Waals surface area contributed by atoms with Gasteiger partial charge in [-0.2, -0.15) is 0 Å². The number of benzene rings is 1. The molecule has 0 fully saturated rings. The van der Waals surface area contributed by atoms with Crippen LogP contribution in [-0.2, 0) is 11.2 Å². The second kappa shape index (κ2) is 5.97. The lowest BCUT2D eigenvalue weighted by Crippen LogP contribution is -2.22. The van der Waals surface area contributed by atoms with Crippen LogP contribution >= 0.6 is 23.2 Å². The number of carbonyl (C=O) groups is 1. The first kappa shape index (κ1) is 13.1. The smallest absolute Gasteiger partial charge is 0.216 e. The Morgan fingerprint density at radius 3 is 2.69 bits per heavy atom. The van der Waals surface area contributed by atoms with E-state index in [1.807, 2.05) is 0 Å². The number of rotatable bonds is 4. The molecule has 0 saturated heterocycles. The van der Waals surface area contributed by atoms with E-state index in [2.05, 4.69) is 5.32 Å².